The summed E-state index contributed by atoms with van der Waals surface area (Å²) in [6.45, 7) is 15.8. The van der Waals surface area contributed by atoms with Gasteiger partial charge in [0, 0.05) is 0 Å². The minimum Gasteiger partial charge on any atom is -0.389 e. The van der Waals surface area contributed by atoms with E-state index in [1.807, 2.05) is 13.8 Å². The van der Waals surface area contributed by atoms with Crippen LogP contribution in [0, 0.1) is 11.3 Å². The molecule has 2 heterocycles. The zero-order chi connectivity index (χ0) is 17.5. The standard InChI is InChI=1S/C20H34O3/c1-7-18(4,22)11-9-16-19(5,12-8-15(21)14(2)3)17-10-13-20(16,6)23-17/h7,15-17,21-22H,1-2,8-13H2,3-6H3/t15-,16-,17?,18+,19-,20?/m0/s1. The second-order valence-corrected chi connectivity index (χ2v) is 8.52. The normalized spacial score (nSPS) is 39.9. The van der Waals surface area contributed by atoms with Gasteiger partial charge in [0.25, 0.3) is 0 Å². The van der Waals surface area contributed by atoms with Crippen LogP contribution < -0.4 is 0 Å². The quantitative estimate of drug-likeness (QED) is 0.664. The molecule has 0 aromatic carbocycles. The molecule has 2 unspecified atom stereocenters. The van der Waals surface area contributed by atoms with Gasteiger partial charge in [-0.3, -0.25) is 0 Å². The molecule has 0 aliphatic carbocycles. The van der Waals surface area contributed by atoms with E-state index in [0.717, 1.165) is 37.7 Å². The van der Waals surface area contributed by atoms with Gasteiger partial charge in [0.1, 0.15) is 0 Å². The topological polar surface area (TPSA) is 49.7 Å². The molecule has 2 N–H and O–H groups in total. The molecule has 2 aliphatic rings. The number of hydrogen-bond acceptors (Lipinski definition) is 3. The van der Waals surface area contributed by atoms with Gasteiger partial charge in [-0.25, -0.2) is 0 Å². The maximum absolute atomic E-state index is 10.3. The summed E-state index contributed by atoms with van der Waals surface area (Å²) in [5, 5.41) is 20.4. The second kappa shape index (κ2) is 6.34. The Kier molecular flexibility index (Phi) is 5.16. The fraction of sp³-hybridized carbons (Fsp3) is 0.800. The molecule has 2 bridgehead atoms. The highest BCUT2D eigenvalue weighted by Gasteiger charge is 2.62. The molecular weight excluding hydrogens is 288 g/mol. The fourth-order valence-corrected chi connectivity index (χ4v) is 4.71. The van der Waals surface area contributed by atoms with E-state index in [-0.39, 0.29) is 17.1 Å². The van der Waals surface area contributed by atoms with E-state index in [2.05, 4.69) is 27.0 Å². The molecule has 2 saturated heterocycles. The molecule has 0 radical (unpaired) electrons. The van der Waals surface area contributed by atoms with Crippen molar-refractivity contribution in [3.8, 4) is 0 Å². The lowest BCUT2D eigenvalue weighted by Crippen LogP contribution is -2.43. The highest BCUT2D eigenvalue weighted by molar-refractivity contribution is 5.11. The van der Waals surface area contributed by atoms with Crippen molar-refractivity contribution in [3.05, 3.63) is 24.8 Å². The Labute approximate surface area is 141 Å². The van der Waals surface area contributed by atoms with Crippen LogP contribution in [0.2, 0.25) is 0 Å². The molecule has 0 aromatic rings. The Hall–Kier alpha value is -0.640. The monoisotopic (exact) mass is 322 g/mol. The zero-order valence-corrected chi connectivity index (χ0v) is 15.3. The molecule has 23 heavy (non-hydrogen) atoms. The Morgan fingerprint density at radius 1 is 1.48 bits per heavy atom. The van der Waals surface area contributed by atoms with Crippen LogP contribution in [-0.2, 0) is 4.74 Å². The van der Waals surface area contributed by atoms with Crippen LogP contribution in [0.3, 0.4) is 0 Å². The third-order valence-electron chi connectivity index (χ3n) is 6.49. The lowest BCUT2D eigenvalue weighted by atomic mass is 9.59. The van der Waals surface area contributed by atoms with Crippen LogP contribution in [-0.4, -0.2) is 33.6 Å². The Morgan fingerprint density at radius 3 is 2.70 bits per heavy atom. The van der Waals surface area contributed by atoms with Crippen molar-refractivity contribution in [2.75, 3.05) is 0 Å². The van der Waals surface area contributed by atoms with Crippen molar-refractivity contribution in [1.29, 1.82) is 0 Å². The smallest absolute Gasteiger partial charge is 0.0797 e. The average molecular weight is 322 g/mol. The fourth-order valence-electron chi connectivity index (χ4n) is 4.71. The zero-order valence-electron chi connectivity index (χ0n) is 15.3. The van der Waals surface area contributed by atoms with Gasteiger partial charge in [0.05, 0.1) is 23.4 Å². The minimum atomic E-state index is -0.823. The van der Waals surface area contributed by atoms with Gasteiger partial charge in [-0.2, -0.15) is 0 Å². The Morgan fingerprint density at radius 2 is 2.13 bits per heavy atom. The number of ether oxygens (including phenoxy) is 1. The number of hydrogen-bond donors (Lipinski definition) is 2. The summed E-state index contributed by atoms with van der Waals surface area (Å²) in [5.41, 5.74) is -0.0306. The predicted molar refractivity (Wildman–Crippen MR) is 94.2 cm³/mol. The molecule has 2 aliphatic heterocycles. The van der Waals surface area contributed by atoms with Crippen molar-refractivity contribution in [2.24, 2.45) is 11.3 Å². The molecule has 0 saturated carbocycles. The van der Waals surface area contributed by atoms with Crippen LogP contribution in [0.1, 0.15) is 66.2 Å². The number of aliphatic hydroxyl groups excluding tert-OH is 1. The van der Waals surface area contributed by atoms with Crippen LogP contribution in [0.5, 0.6) is 0 Å². The summed E-state index contributed by atoms with van der Waals surface area (Å²) in [4.78, 5) is 0. The van der Waals surface area contributed by atoms with Gasteiger partial charge in [0.15, 0.2) is 0 Å². The molecule has 0 spiro atoms. The first-order valence-electron chi connectivity index (χ1n) is 8.91. The highest BCUT2D eigenvalue weighted by Crippen LogP contribution is 2.61. The van der Waals surface area contributed by atoms with E-state index < -0.39 is 11.7 Å². The summed E-state index contributed by atoms with van der Waals surface area (Å²) in [7, 11) is 0. The van der Waals surface area contributed by atoms with Crippen LogP contribution in [0.4, 0.5) is 0 Å². The van der Waals surface area contributed by atoms with Crippen molar-refractivity contribution in [2.45, 2.75) is 89.6 Å². The van der Waals surface area contributed by atoms with Crippen molar-refractivity contribution in [1.82, 2.24) is 0 Å². The summed E-state index contributed by atoms with van der Waals surface area (Å²) in [5.74, 6) is 0.400. The molecule has 2 fully saturated rings. The molecule has 3 nitrogen and oxygen atoms in total. The van der Waals surface area contributed by atoms with E-state index in [1.165, 1.54) is 0 Å². The SMILES string of the molecule is C=C[C@@](C)(O)CC[C@@H]1C2(C)CCC(O2)[C@@]1(C)CC[C@H](O)C(=C)C. The maximum atomic E-state index is 10.3. The molecule has 0 aromatic heterocycles. The summed E-state index contributed by atoms with van der Waals surface area (Å²) >= 11 is 0. The lowest BCUT2D eigenvalue weighted by Gasteiger charge is -2.43. The third kappa shape index (κ3) is 3.57. The summed E-state index contributed by atoms with van der Waals surface area (Å²) in [6, 6.07) is 0. The third-order valence-corrected chi connectivity index (χ3v) is 6.49. The molecular formula is C20H34O3. The molecule has 3 heteroatoms. The van der Waals surface area contributed by atoms with E-state index in [9.17, 15) is 10.2 Å². The molecule has 0 amide bonds. The predicted octanol–water partition coefficient (Wildman–Crippen LogP) is 3.99. The average Bonchev–Trinajstić information content (AvgIpc) is 2.96. The second-order valence-electron chi connectivity index (χ2n) is 8.52. The van der Waals surface area contributed by atoms with E-state index in [4.69, 9.17) is 4.74 Å². The number of aliphatic hydroxyl groups is 2. The van der Waals surface area contributed by atoms with Gasteiger partial charge in [-0.15, -0.1) is 6.58 Å². The largest absolute Gasteiger partial charge is 0.389 e. The van der Waals surface area contributed by atoms with Crippen LogP contribution >= 0.6 is 0 Å². The van der Waals surface area contributed by atoms with Gasteiger partial charge >= 0.3 is 0 Å². The van der Waals surface area contributed by atoms with Gasteiger partial charge < -0.3 is 14.9 Å². The van der Waals surface area contributed by atoms with Crippen molar-refractivity contribution >= 4 is 0 Å². The van der Waals surface area contributed by atoms with Gasteiger partial charge in [-0.05, 0) is 70.6 Å². The summed E-state index contributed by atoms with van der Waals surface area (Å²) < 4.78 is 6.37. The minimum absolute atomic E-state index is 0.0562. The molecule has 2 rings (SSSR count). The highest BCUT2D eigenvalue weighted by atomic mass is 16.5. The van der Waals surface area contributed by atoms with E-state index in [0.29, 0.717) is 12.3 Å². The van der Waals surface area contributed by atoms with E-state index >= 15 is 0 Å². The number of rotatable bonds is 8. The first kappa shape index (κ1) is 18.7. The molecule has 6 atom stereocenters. The van der Waals surface area contributed by atoms with Gasteiger partial charge in [-0.1, -0.05) is 25.2 Å². The molecule has 132 valence electrons. The van der Waals surface area contributed by atoms with Crippen molar-refractivity contribution < 1.29 is 14.9 Å². The maximum Gasteiger partial charge on any atom is 0.0797 e. The van der Waals surface area contributed by atoms with Crippen LogP contribution in [0.25, 0.3) is 0 Å². The Bertz CT molecular complexity index is 470. The van der Waals surface area contributed by atoms with Crippen molar-refractivity contribution in [3.63, 3.8) is 0 Å². The van der Waals surface area contributed by atoms with Gasteiger partial charge in [0.2, 0.25) is 0 Å². The van der Waals surface area contributed by atoms with Crippen LogP contribution in [0.15, 0.2) is 24.8 Å². The Balaban J connectivity index is 2.12. The van der Waals surface area contributed by atoms with E-state index in [1.54, 1.807) is 6.08 Å². The first-order valence-corrected chi connectivity index (χ1v) is 8.91. The first-order chi connectivity index (χ1) is 10.5. The number of fused-ring (bicyclic) bond motifs is 2. The summed E-state index contributed by atoms with van der Waals surface area (Å²) in [6.07, 6.45) is 6.95. The lowest BCUT2D eigenvalue weighted by molar-refractivity contribution is -0.000276.